The number of benzene rings is 1. The lowest BCUT2D eigenvalue weighted by atomic mass is 10.1. The molecule has 0 amide bonds. The van der Waals surface area contributed by atoms with Crippen molar-refractivity contribution in [3.05, 3.63) is 35.6 Å². The number of para-hydroxylation sites is 1. The summed E-state index contributed by atoms with van der Waals surface area (Å²) in [6, 6.07) is 7.41. The van der Waals surface area contributed by atoms with E-state index in [1.807, 2.05) is 25.1 Å². The van der Waals surface area contributed by atoms with E-state index in [1.165, 1.54) is 0 Å². The summed E-state index contributed by atoms with van der Waals surface area (Å²) in [6.45, 7) is 4.14. The first-order chi connectivity index (χ1) is 12.1. The fourth-order valence-electron chi connectivity index (χ4n) is 2.86. The summed E-state index contributed by atoms with van der Waals surface area (Å²) in [7, 11) is 0. The fourth-order valence-corrected chi connectivity index (χ4v) is 2.86. The molecular formula is C19H22O6. The van der Waals surface area contributed by atoms with Crippen molar-refractivity contribution in [2.45, 2.75) is 38.9 Å². The third-order valence-corrected chi connectivity index (χ3v) is 4.33. The van der Waals surface area contributed by atoms with Crippen LogP contribution in [0.2, 0.25) is 0 Å². The first-order valence-electron chi connectivity index (χ1n) is 8.47. The van der Waals surface area contributed by atoms with Crippen LogP contribution in [0, 0.1) is 6.92 Å². The molecule has 25 heavy (non-hydrogen) atoms. The molecule has 6 nitrogen and oxygen atoms in total. The average Bonchev–Trinajstić information content (AvgIpc) is 3.25. The quantitative estimate of drug-likeness (QED) is 0.567. The molecule has 2 heterocycles. The van der Waals surface area contributed by atoms with E-state index in [0.29, 0.717) is 12.2 Å². The Hall–Kier alpha value is -2.18. The van der Waals surface area contributed by atoms with E-state index in [9.17, 15) is 9.59 Å². The Labute approximate surface area is 146 Å². The number of Topliss-reactive ketones (excluding diaryl/α,β-unsaturated/α-hetero) is 1. The third-order valence-electron chi connectivity index (χ3n) is 4.33. The summed E-state index contributed by atoms with van der Waals surface area (Å²) in [6.07, 6.45) is 1.24. The van der Waals surface area contributed by atoms with Crippen LogP contribution in [0.15, 0.2) is 28.7 Å². The summed E-state index contributed by atoms with van der Waals surface area (Å²) < 4.78 is 21.6. The molecule has 134 valence electrons. The monoisotopic (exact) mass is 346 g/mol. The second-order valence-electron chi connectivity index (χ2n) is 6.19. The van der Waals surface area contributed by atoms with Gasteiger partial charge in [0, 0.05) is 17.6 Å². The van der Waals surface area contributed by atoms with Crippen LogP contribution in [0.1, 0.15) is 35.9 Å². The molecular weight excluding hydrogens is 324 g/mol. The van der Waals surface area contributed by atoms with Gasteiger partial charge < -0.3 is 18.6 Å². The summed E-state index contributed by atoms with van der Waals surface area (Å²) in [5, 5.41) is 0.880. The van der Waals surface area contributed by atoms with E-state index >= 15 is 0 Å². The van der Waals surface area contributed by atoms with E-state index in [0.717, 1.165) is 30.4 Å². The van der Waals surface area contributed by atoms with Crippen LogP contribution in [0.3, 0.4) is 0 Å². The van der Waals surface area contributed by atoms with Crippen molar-refractivity contribution < 1.29 is 28.2 Å². The average molecular weight is 346 g/mol. The molecule has 0 spiro atoms. The number of carbonyl (C=O) groups is 2. The first kappa shape index (κ1) is 17.6. The molecule has 3 rings (SSSR count). The molecule has 2 aromatic rings. The highest BCUT2D eigenvalue weighted by molar-refractivity contribution is 6.01. The highest BCUT2D eigenvalue weighted by atomic mass is 16.6. The van der Waals surface area contributed by atoms with Gasteiger partial charge in [-0.1, -0.05) is 18.2 Å². The summed E-state index contributed by atoms with van der Waals surface area (Å²) in [5.41, 5.74) is 1.39. The largest absolute Gasteiger partial charge is 0.455 e. The third kappa shape index (κ3) is 4.08. The molecule has 0 N–H and O–H groups in total. The topological polar surface area (TPSA) is 75.0 Å². The molecule has 1 aliphatic rings. The molecule has 0 saturated carbocycles. The van der Waals surface area contributed by atoms with Gasteiger partial charge in [0.1, 0.15) is 5.58 Å². The lowest BCUT2D eigenvalue weighted by molar-refractivity contribution is -0.156. The van der Waals surface area contributed by atoms with E-state index in [4.69, 9.17) is 18.6 Å². The predicted octanol–water partition coefficient (Wildman–Crippen LogP) is 3.05. The van der Waals surface area contributed by atoms with Gasteiger partial charge in [0.05, 0.1) is 12.7 Å². The first-order valence-corrected chi connectivity index (χ1v) is 8.47. The summed E-state index contributed by atoms with van der Waals surface area (Å²) >= 11 is 0. The predicted molar refractivity (Wildman–Crippen MR) is 90.6 cm³/mol. The van der Waals surface area contributed by atoms with Crippen molar-refractivity contribution in [3.8, 4) is 0 Å². The van der Waals surface area contributed by atoms with Gasteiger partial charge in [-0.3, -0.25) is 4.79 Å². The maximum Gasteiger partial charge on any atom is 0.335 e. The Kier molecular flexibility index (Phi) is 5.50. The molecule has 0 aliphatic carbocycles. The van der Waals surface area contributed by atoms with Crippen LogP contribution in [-0.4, -0.2) is 43.8 Å². The van der Waals surface area contributed by atoms with Gasteiger partial charge in [0.25, 0.3) is 0 Å². The van der Waals surface area contributed by atoms with Crippen molar-refractivity contribution in [1.29, 1.82) is 0 Å². The highest BCUT2D eigenvalue weighted by Gasteiger charge is 2.23. The number of ether oxygens (including phenoxy) is 3. The molecule has 0 radical (unpaired) electrons. The van der Waals surface area contributed by atoms with Gasteiger partial charge in [0.2, 0.25) is 5.78 Å². The Bertz CT molecular complexity index is 756. The van der Waals surface area contributed by atoms with E-state index < -0.39 is 12.1 Å². The molecule has 6 heteroatoms. The summed E-state index contributed by atoms with van der Waals surface area (Å²) in [4.78, 5) is 24.3. The maximum atomic E-state index is 12.3. The van der Waals surface area contributed by atoms with Crippen LogP contribution in [0.5, 0.6) is 0 Å². The molecule has 2 atom stereocenters. The number of aryl methyl sites for hydroxylation is 1. The van der Waals surface area contributed by atoms with Crippen molar-refractivity contribution in [2.75, 3.05) is 19.8 Å². The van der Waals surface area contributed by atoms with Crippen LogP contribution < -0.4 is 0 Å². The number of carbonyl (C=O) groups excluding carboxylic acids is 2. The number of hydrogen-bond donors (Lipinski definition) is 0. The van der Waals surface area contributed by atoms with Crippen molar-refractivity contribution in [2.24, 2.45) is 0 Å². The molecule has 1 saturated heterocycles. The summed E-state index contributed by atoms with van der Waals surface area (Å²) in [5.74, 6) is -0.713. The van der Waals surface area contributed by atoms with Crippen molar-refractivity contribution in [3.63, 3.8) is 0 Å². The number of fused-ring (bicyclic) bond motifs is 1. The highest BCUT2D eigenvalue weighted by Crippen LogP contribution is 2.25. The fraction of sp³-hybridized carbons (Fsp3) is 0.474. The van der Waals surface area contributed by atoms with Crippen molar-refractivity contribution in [1.82, 2.24) is 0 Å². The van der Waals surface area contributed by atoms with E-state index in [1.54, 1.807) is 13.0 Å². The van der Waals surface area contributed by atoms with Crippen LogP contribution in [0.4, 0.5) is 0 Å². The van der Waals surface area contributed by atoms with Crippen LogP contribution in [-0.2, 0) is 19.0 Å². The van der Waals surface area contributed by atoms with Crippen LogP contribution >= 0.6 is 0 Å². The SMILES string of the molecule is Cc1c(C(=O)COC(=O)C(C)OCC2CCCO2)oc2ccccc12. The zero-order chi connectivity index (χ0) is 17.8. The minimum Gasteiger partial charge on any atom is -0.455 e. The zero-order valence-corrected chi connectivity index (χ0v) is 14.4. The molecule has 1 aliphatic heterocycles. The van der Waals surface area contributed by atoms with Crippen LogP contribution in [0.25, 0.3) is 11.0 Å². The van der Waals surface area contributed by atoms with E-state index in [-0.39, 0.29) is 24.3 Å². The standard InChI is InChI=1S/C19H22O6/c1-12-15-7-3-4-8-17(15)25-18(12)16(20)11-24-19(21)13(2)23-10-14-6-5-9-22-14/h3-4,7-8,13-14H,5-6,9-11H2,1-2H3. The van der Waals surface area contributed by atoms with Crippen molar-refractivity contribution >= 4 is 22.7 Å². The Morgan fingerprint density at radius 2 is 2.12 bits per heavy atom. The lowest BCUT2D eigenvalue weighted by Crippen LogP contribution is -2.29. The van der Waals surface area contributed by atoms with Gasteiger partial charge in [-0.2, -0.15) is 0 Å². The molecule has 0 bridgehead atoms. The molecule has 1 fully saturated rings. The number of ketones is 1. The van der Waals surface area contributed by atoms with Gasteiger partial charge in [-0.05, 0) is 32.8 Å². The number of rotatable bonds is 7. The number of furan rings is 1. The Morgan fingerprint density at radius 3 is 2.84 bits per heavy atom. The van der Waals surface area contributed by atoms with Gasteiger partial charge >= 0.3 is 5.97 Å². The Balaban J connectivity index is 1.52. The maximum absolute atomic E-state index is 12.3. The minimum absolute atomic E-state index is 0.0371. The molecule has 2 unspecified atom stereocenters. The van der Waals surface area contributed by atoms with Gasteiger partial charge in [-0.15, -0.1) is 0 Å². The normalized spacial score (nSPS) is 18.4. The lowest BCUT2D eigenvalue weighted by Gasteiger charge is -2.15. The van der Waals surface area contributed by atoms with Gasteiger partial charge in [-0.25, -0.2) is 4.79 Å². The zero-order valence-electron chi connectivity index (χ0n) is 14.4. The smallest absolute Gasteiger partial charge is 0.335 e. The second kappa shape index (κ2) is 7.80. The van der Waals surface area contributed by atoms with Gasteiger partial charge in [0.15, 0.2) is 18.5 Å². The second-order valence-corrected chi connectivity index (χ2v) is 6.19. The minimum atomic E-state index is -0.742. The number of hydrogen-bond acceptors (Lipinski definition) is 6. The van der Waals surface area contributed by atoms with E-state index in [2.05, 4.69) is 0 Å². The molecule has 1 aromatic carbocycles. The Morgan fingerprint density at radius 1 is 1.32 bits per heavy atom. The number of esters is 1. The molecule has 1 aromatic heterocycles.